The van der Waals surface area contributed by atoms with Crippen molar-refractivity contribution in [2.24, 2.45) is 5.92 Å². The summed E-state index contributed by atoms with van der Waals surface area (Å²) in [6.45, 7) is 10.0. The van der Waals surface area contributed by atoms with Crippen molar-refractivity contribution < 1.29 is 4.79 Å². The normalized spacial score (nSPS) is 28.7. The molecule has 0 aromatic heterocycles. The first-order valence-electron chi connectivity index (χ1n) is 10.5. The molecular formula is C20H37N3O. The minimum Gasteiger partial charge on any atom is -0.342 e. The molecule has 3 saturated heterocycles. The van der Waals surface area contributed by atoms with Crippen LogP contribution in [0.25, 0.3) is 0 Å². The summed E-state index contributed by atoms with van der Waals surface area (Å²) >= 11 is 0. The van der Waals surface area contributed by atoms with Crippen LogP contribution in [-0.4, -0.2) is 72.5 Å². The summed E-state index contributed by atoms with van der Waals surface area (Å²) in [6.07, 6.45) is 11.4. The van der Waals surface area contributed by atoms with Crippen molar-refractivity contribution in [1.29, 1.82) is 0 Å². The lowest BCUT2D eigenvalue weighted by atomic mass is 9.81. The van der Waals surface area contributed by atoms with Gasteiger partial charge in [-0.15, -0.1) is 0 Å². The Hall–Kier alpha value is -0.610. The predicted octanol–water partition coefficient (Wildman–Crippen LogP) is 2.98. The van der Waals surface area contributed by atoms with E-state index in [1.165, 1.54) is 71.1 Å². The molecule has 0 aliphatic carbocycles. The van der Waals surface area contributed by atoms with Gasteiger partial charge in [-0.2, -0.15) is 0 Å². The monoisotopic (exact) mass is 335 g/mol. The minimum absolute atomic E-state index is 0.393. The van der Waals surface area contributed by atoms with Crippen LogP contribution in [0.1, 0.15) is 64.7 Å². The Labute approximate surface area is 148 Å². The lowest BCUT2D eigenvalue weighted by Crippen LogP contribution is -2.48. The van der Waals surface area contributed by atoms with Crippen LogP contribution < -0.4 is 0 Å². The second kappa shape index (κ2) is 9.19. The summed E-state index contributed by atoms with van der Waals surface area (Å²) in [6, 6.07) is 0.778. The molecule has 0 spiro atoms. The van der Waals surface area contributed by atoms with Crippen molar-refractivity contribution in [3.05, 3.63) is 0 Å². The smallest absolute Gasteiger partial charge is 0.222 e. The molecule has 0 bridgehead atoms. The average molecular weight is 336 g/mol. The Morgan fingerprint density at radius 2 is 1.75 bits per heavy atom. The van der Waals surface area contributed by atoms with E-state index in [0.29, 0.717) is 5.91 Å². The molecular weight excluding hydrogens is 298 g/mol. The van der Waals surface area contributed by atoms with Crippen LogP contribution in [0.4, 0.5) is 0 Å². The average Bonchev–Trinajstić information content (AvgIpc) is 3.14. The molecule has 3 aliphatic rings. The summed E-state index contributed by atoms with van der Waals surface area (Å²) < 4.78 is 0. The largest absolute Gasteiger partial charge is 0.342 e. The molecule has 3 aliphatic heterocycles. The van der Waals surface area contributed by atoms with E-state index in [9.17, 15) is 4.79 Å². The third kappa shape index (κ3) is 4.72. The van der Waals surface area contributed by atoms with Crippen LogP contribution in [0.2, 0.25) is 0 Å². The zero-order chi connectivity index (χ0) is 16.8. The van der Waals surface area contributed by atoms with E-state index in [2.05, 4.69) is 21.6 Å². The Bertz CT molecular complexity index is 392. The standard InChI is InChI=1S/C20H37N3O/c1-2-22(17-16-21-12-5-6-13-21)20(24)11-10-18-8-7-15-23-14-4-3-9-19(18)23/h18-19H,2-17H2,1H3/t18-,19+/m0/s1. The molecule has 0 radical (unpaired) electrons. The predicted molar refractivity (Wildman–Crippen MR) is 99.1 cm³/mol. The first-order chi connectivity index (χ1) is 11.8. The molecule has 0 N–H and O–H groups in total. The van der Waals surface area contributed by atoms with E-state index < -0.39 is 0 Å². The second-order valence-corrected chi connectivity index (χ2v) is 8.06. The number of hydrogen-bond donors (Lipinski definition) is 0. The van der Waals surface area contributed by atoms with Gasteiger partial charge in [0.25, 0.3) is 0 Å². The fraction of sp³-hybridized carbons (Fsp3) is 0.950. The summed E-state index contributed by atoms with van der Waals surface area (Å²) in [4.78, 5) is 20.0. The van der Waals surface area contributed by atoms with Crippen LogP contribution in [0.15, 0.2) is 0 Å². The molecule has 3 heterocycles. The number of rotatable bonds is 7. The second-order valence-electron chi connectivity index (χ2n) is 8.06. The molecule has 4 nitrogen and oxygen atoms in total. The Morgan fingerprint density at radius 1 is 1.00 bits per heavy atom. The highest BCUT2D eigenvalue weighted by molar-refractivity contribution is 5.76. The van der Waals surface area contributed by atoms with Crippen LogP contribution in [0.5, 0.6) is 0 Å². The van der Waals surface area contributed by atoms with E-state index in [4.69, 9.17) is 0 Å². The van der Waals surface area contributed by atoms with E-state index in [1.807, 2.05) is 0 Å². The van der Waals surface area contributed by atoms with Crippen molar-refractivity contribution in [3.63, 3.8) is 0 Å². The van der Waals surface area contributed by atoms with E-state index in [-0.39, 0.29) is 0 Å². The molecule has 0 aromatic rings. The molecule has 1 amide bonds. The number of amides is 1. The minimum atomic E-state index is 0.393. The number of piperidine rings is 2. The molecule has 3 fully saturated rings. The van der Waals surface area contributed by atoms with Gasteiger partial charge in [-0.1, -0.05) is 6.42 Å². The molecule has 3 rings (SSSR count). The van der Waals surface area contributed by atoms with Crippen molar-refractivity contribution in [1.82, 2.24) is 14.7 Å². The van der Waals surface area contributed by atoms with Gasteiger partial charge in [-0.05, 0) is 84.0 Å². The highest BCUT2D eigenvalue weighted by Crippen LogP contribution is 2.33. The molecule has 24 heavy (non-hydrogen) atoms. The van der Waals surface area contributed by atoms with Crippen LogP contribution in [-0.2, 0) is 4.79 Å². The zero-order valence-corrected chi connectivity index (χ0v) is 15.7. The van der Waals surface area contributed by atoms with Crippen LogP contribution in [0, 0.1) is 5.92 Å². The third-order valence-corrected chi connectivity index (χ3v) is 6.58. The summed E-state index contributed by atoms with van der Waals surface area (Å²) in [5, 5.41) is 0. The molecule has 138 valence electrons. The van der Waals surface area contributed by atoms with Crippen LogP contribution in [0.3, 0.4) is 0 Å². The Morgan fingerprint density at radius 3 is 2.54 bits per heavy atom. The molecule has 2 atom stereocenters. The van der Waals surface area contributed by atoms with Gasteiger partial charge in [-0.25, -0.2) is 0 Å². The van der Waals surface area contributed by atoms with Gasteiger partial charge in [0.05, 0.1) is 0 Å². The number of fused-ring (bicyclic) bond motifs is 1. The SMILES string of the molecule is CCN(CCN1CCCC1)C(=O)CC[C@@H]1CCCN2CCCC[C@H]12. The van der Waals surface area contributed by atoms with Gasteiger partial charge in [0.15, 0.2) is 0 Å². The maximum atomic E-state index is 12.7. The maximum Gasteiger partial charge on any atom is 0.222 e. The summed E-state index contributed by atoms with van der Waals surface area (Å²) in [5.41, 5.74) is 0. The van der Waals surface area contributed by atoms with Crippen molar-refractivity contribution in [2.75, 3.05) is 45.8 Å². The van der Waals surface area contributed by atoms with Crippen molar-refractivity contribution in [2.45, 2.75) is 70.8 Å². The molecule has 4 heteroatoms. The van der Waals surface area contributed by atoms with E-state index in [1.54, 1.807) is 0 Å². The number of likely N-dealkylation sites (N-methyl/N-ethyl adjacent to an activating group) is 1. The first-order valence-corrected chi connectivity index (χ1v) is 10.5. The topological polar surface area (TPSA) is 26.8 Å². The quantitative estimate of drug-likeness (QED) is 0.716. The van der Waals surface area contributed by atoms with Crippen molar-refractivity contribution in [3.8, 4) is 0 Å². The lowest BCUT2D eigenvalue weighted by molar-refractivity contribution is -0.131. The maximum absolute atomic E-state index is 12.7. The number of carbonyl (C=O) groups is 1. The fourth-order valence-corrected chi connectivity index (χ4v) is 5.11. The van der Waals surface area contributed by atoms with E-state index >= 15 is 0 Å². The lowest BCUT2D eigenvalue weighted by Gasteiger charge is -2.44. The van der Waals surface area contributed by atoms with Gasteiger partial charge in [0.2, 0.25) is 5.91 Å². The number of likely N-dealkylation sites (tertiary alicyclic amines) is 1. The Kier molecular flexibility index (Phi) is 6.96. The fourth-order valence-electron chi connectivity index (χ4n) is 5.11. The number of nitrogens with zero attached hydrogens (tertiary/aromatic N) is 3. The first kappa shape index (κ1) is 18.2. The highest BCUT2D eigenvalue weighted by Gasteiger charge is 2.33. The highest BCUT2D eigenvalue weighted by atomic mass is 16.2. The van der Waals surface area contributed by atoms with Gasteiger partial charge >= 0.3 is 0 Å². The number of hydrogen-bond acceptors (Lipinski definition) is 3. The van der Waals surface area contributed by atoms with Gasteiger partial charge in [0, 0.05) is 32.1 Å². The molecule has 0 saturated carbocycles. The van der Waals surface area contributed by atoms with Crippen LogP contribution >= 0.6 is 0 Å². The van der Waals surface area contributed by atoms with E-state index in [0.717, 1.165) is 44.4 Å². The molecule has 0 unspecified atom stereocenters. The van der Waals surface area contributed by atoms with Gasteiger partial charge in [0.1, 0.15) is 0 Å². The zero-order valence-electron chi connectivity index (χ0n) is 15.7. The van der Waals surface area contributed by atoms with Crippen molar-refractivity contribution >= 4 is 5.91 Å². The summed E-state index contributed by atoms with van der Waals surface area (Å²) in [7, 11) is 0. The number of carbonyl (C=O) groups excluding carboxylic acids is 1. The molecule has 0 aromatic carbocycles. The Balaban J connectivity index is 1.42. The van der Waals surface area contributed by atoms with Gasteiger partial charge in [-0.3, -0.25) is 4.79 Å². The van der Waals surface area contributed by atoms with Gasteiger partial charge < -0.3 is 14.7 Å². The third-order valence-electron chi connectivity index (χ3n) is 6.58. The summed E-state index contributed by atoms with van der Waals surface area (Å²) in [5.74, 6) is 1.16.